The Balaban J connectivity index is 1.91. The Morgan fingerprint density at radius 1 is 0.812 bits per heavy atom. The number of nitrogens with zero attached hydrogens (tertiary/aromatic N) is 1. The van der Waals surface area contributed by atoms with Crippen molar-refractivity contribution >= 4 is 0 Å². The monoisotopic (exact) mass is 215 g/mol. The fourth-order valence-electron chi connectivity index (χ4n) is 1.88. The summed E-state index contributed by atoms with van der Waals surface area (Å²) in [6.07, 6.45) is 9.45. The van der Waals surface area contributed by atoms with Gasteiger partial charge in [0.15, 0.2) is 0 Å². The second kappa shape index (κ2) is 8.97. The van der Waals surface area contributed by atoms with Crippen molar-refractivity contribution in [2.45, 2.75) is 51.4 Å². The summed E-state index contributed by atoms with van der Waals surface area (Å²) in [6, 6.07) is 12.9. The van der Waals surface area contributed by atoms with Crippen LogP contribution in [0.1, 0.15) is 50.5 Å². The van der Waals surface area contributed by atoms with Gasteiger partial charge in [-0.2, -0.15) is 5.26 Å². The van der Waals surface area contributed by atoms with E-state index < -0.39 is 0 Å². The van der Waals surface area contributed by atoms with Gasteiger partial charge in [-0.05, 0) is 24.8 Å². The van der Waals surface area contributed by atoms with Crippen LogP contribution in [0.15, 0.2) is 30.3 Å². The highest BCUT2D eigenvalue weighted by Crippen LogP contribution is 2.10. The second-order valence-corrected chi connectivity index (χ2v) is 4.27. The maximum Gasteiger partial charge on any atom is 0.0621 e. The highest BCUT2D eigenvalue weighted by Gasteiger charge is 1.93. The smallest absolute Gasteiger partial charge is 0.0621 e. The maximum atomic E-state index is 8.38. The largest absolute Gasteiger partial charge is 0.198 e. The molecule has 0 aromatic heterocycles. The lowest BCUT2D eigenvalue weighted by Gasteiger charge is -2.01. The highest BCUT2D eigenvalue weighted by atomic mass is 14.2. The Labute approximate surface area is 99.1 Å². The molecule has 0 unspecified atom stereocenters. The van der Waals surface area contributed by atoms with Crippen LogP contribution in [0.25, 0.3) is 0 Å². The van der Waals surface area contributed by atoms with Gasteiger partial charge in [-0.25, -0.2) is 0 Å². The van der Waals surface area contributed by atoms with Gasteiger partial charge in [0.1, 0.15) is 0 Å². The van der Waals surface area contributed by atoms with E-state index in [4.69, 9.17) is 5.26 Å². The van der Waals surface area contributed by atoms with Gasteiger partial charge in [0.2, 0.25) is 0 Å². The summed E-state index contributed by atoms with van der Waals surface area (Å²) in [4.78, 5) is 0. The zero-order chi connectivity index (χ0) is 11.5. The predicted octanol–water partition coefficient (Wildman–Crippen LogP) is 4.48. The van der Waals surface area contributed by atoms with Gasteiger partial charge in [0.25, 0.3) is 0 Å². The van der Waals surface area contributed by atoms with Gasteiger partial charge in [0, 0.05) is 6.42 Å². The van der Waals surface area contributed by atoms with Gasteiger partial charge in [-0.15, -0.1) is 0 Å². The number of nitriles is 1. The van der Waals surface area contributed by atoms with E-state index in [2.05, 4.69) is 36.4 Å². The number of hydrogen-bond acceptors (Lipinski definition) is 1. The zero-order valence-electron chi connectivity index (χ0n) is 9.99. The standard InChI is InChI=1S/C15H21N/c16-14-10-5-3-1-2-4-7-11-15-12-8-6-9-13-15/h6,8-9,12-13H,1-5,7,10-11H2. The SMILES string of the molecule is N#CCCCCCCCCc1ccccc1. The summed E-state index contributed by atoms with van der Waals surface area (Å²) in [7, 11) is 0. The van der Waals surface area contributed by atoms with Crippen molar-refractivity contribution in [3.63, 3.8) is 0 Å². The fraction of sp³-hybridized carbons (Fsp3) is 0.533. The lowest BCUT2D eigenvalue weighted by Crippen LogP contribution is -1.85. The van der Waals surface area contributed by atoms with Gasteiger partial charge < -0.3 is 0 Å². The molecule has 0 bridgehead atoms. The predicted molar refractivity (Wildman–Crippen MR) is 68.1 cm³/mol. The van der Waals surface area contributed by atoms with Gasteiger partial charge in [-0.3, -0.25) is 0 Å². The summed E-state index contributed by atoms with van der Waals surface area (Å²) in [5.74, 6) is 0. The van der Waals surface area contributed by atoms with E-state index >= 15 is 0 Å². The normalized spacial score (nSPS) is 9.94. The van der Waals surface area contributed by atoms with Crippen LogP contribution >= 0.6 is 0 Å². The Morgan fingerprint density at radius 2 is 1.44 bits per heavy atom. The minimum Gasteiger partial charge on any atom is -0.198 e. The second-order valence-electron chi connectivity index (χ2n) is 4.27. The molecule has 0 fully saturated rings. The van der Waals surface area contributed by atoms with Crippen LogP contribution in [0.5, 0.6) is 0 Å². The van der Waals surface area contributed by atoms with Crippen LogP contribution in [0.2, 0.25) is 0 Å². The molecule has 1 heteroatoms. The molecular formula is C15H21N. The number of aryl methyl sites for hydroxylation is 1. The van der Waals surface area contributed by atoms with Crippen molar-refractivity contribution in [2.24, 2.45) is 0 Å². The molecule has 0 amide bonds. The van der Waals surface area contributed by atoms with Crippen LogP contribution in [0.3, 0.4) is 0 Å². The van der Waals surface area contributed by atoms with Crippen molar-refractivity contribution in [3.05, 3.63) is 35.9 Å². The number of hydrogen-bond donors (Lipinski definition) is 0. The van der Waals surface area contributed by atoms with Crippen LogP contribution < -0.4 is 0 Å². The van der Waals surface area contributed by atoms with E-state index in [1.54, 1.807) is 0 Å². The molecule has 0 N–H and O–H groups in total. The molecule has 0 atom stereocenters. The molecule has 0 aliphatic heterocycles. The fourth-order valence-corrected chi connectivity index (χ4v) is 1.88. The van der Waals surface area contributed by atoms with Crippen LogP contribution in [0.4, 0.5) is 0 Å². The quantitative estimate of drug-likeness (QED) is 0.586. The number of unbranched alkanes of at least 4 members (excludes halogenated alkanes) is 6. The molecule has 86 valence electrons. The lowest BCUT2D eigenvalue weighted by atomic mass is 10.0. The molecule has 16 heavy (non-hydrogen) atoms. The third kappa shape index (κ3) is 6.24. The lowest BCUT2D eigenvalue weighted by molar-refractivity contribution is 0.598. The van der Waals surface area contributed by atoms with Crippen molar-refractivity contribution in [2.75, 3.05) is 0 Å². The van der Waals surface area contributed by atoms with Gasteiger partial charge in [0.05, 0.1) is 6.07 Å². The summed E-state index contributed by atoms with van der Waals surface area (Å²) < 4.78 is 0. The average Bonchev–Trinajstić information content (AvgIpc) is 2.34. The molecule has 0 heterocycles. The van der Waals surface area contributed by atoms with E-state index in [1.165, 1.54) is 44.1 Å². The minimum absolute atomic E-state index is 0.726. The molecule has 0 radical (unpaired) electrons. The van der Waals surface area contributed by atoms with E-state index in [0.717, 1.165) is 12.8 Å². The summed E-state index contributed by atoms with van der Waals surface area (Å²) >= 11 is 0. The molecule has 0 aliphatic rings. The Morgan fingerprint density at radius 3 is 2.12 bits per heavy atom. The van der Waals surface area contributed by atoms with E-state index in [-0.39, 0.29) is 0 Å². The Bertz CT molecular complexity index is 297. The summed E-state index contributed by atoms with van der Waals surface area (Å²) in [6.45, 7) is 0. The molecule has 0 spiro atoms. The molecule has 1 rings (SSSR count). The highest BCUT2D eigenvalue weighted by molar-refractivity contribution is 5.14. The van der Waals surface area contributed by atoms with Gasteiger partial charge in [-0.1, -0.05) is 56.0 Å². The van der Waals surface area contributed by atoms with Crippen LogP contribution in [-0.2, 0) is 6.42 Å². The zero-order valence-corrected chi connectivity index (χ0v) is 9.99. The van der Waals surface area contributed by atoms with E-state index in [9.17, 15) is 0 Å². The van der Waals surface area contributed by atoms with Crippen molar-refractivity contribution in [1.29, 1.82) is 5.26 Å². The molecule has 1 nitrogen and oxygen atoms in total. The van der Waals surface area contributed by atoms with Crippen molar-refractivity contribution < 1.29 is 0 Å². The summed E-state index contributed by atoms with van der Waals surface area (Å²) in [5, 5.41) is 8.38. The molecular weight excluding hydrogens is 194 g/mol. The molecule has 0 saturated carbocycles. The first-order valence-corrected chi connectivity index (χ1v) is 6.34. The number of rotatable bonds is 8. The first kappa shape index (κ1) is 12.8. The number of benzene rings is 1. The topological polar surface area (TPSA) is 23.8 Å². The Hall–Kier alpha value is -1.29. The third-order valence-corrected chi connectivity index (χ3v) is 2.85. The molecule has 1 aromatic carbocycles. The van der Waals surface area contributed by atoms with Crippen molar-refractivity contribution in [1.82, 2.24) is 0 Å². The van der Waals surface area contributed by atoms with Crippen molar-refractivity contribution in [3.8, 4) is 6.07 Å². The maximum absolute atomic E-state index is 8.38. The first-order chi connectivity index (χ1) is 7.93. The third-order valence-electron chi connectivity index (χ3n) is 2.85. The average molecular weight is 215 g/mol. The van der Waals surface area contributed by atoms with Gasteiger partial charge >= 0.3 is 0 Å². The van der Waals surface area contributed by atoms with E-state index in [0.29, 0.717) is 0 Å². The molecule has 1 aromatic rings. The van der Waals surface area contributed by atoms with E-state index in [1.807, 2.05) is 0 Å². The minimum atomic E-state index is 0.726. The summed E-state index contributed by atoms with van der Waals surface area (Å²) in [5.41, 5.74) is 1.45. The van der Waals surface area contributed by atoms with Crippen LogP contribution in [0, 0.1) is 11.3 Å². The first-order valence-electron chi connectivity index (χ1n) is 6.34. The Kier molecular flexibility index (Phi) is 7.17. The van der Waals surface area contributed by atoms with Crippen LogP contribution in [-0.4, -0.2) is 0 Å². The molecule has 0 aliphatic carbocycles. The molecule has 0 saturated heterocycles.